The van der Waals surface area contributed by atoms with Crippen molar-refractivity contribution in [3.05, 3.63) is 77.7 Å². The van der Waals surface area contributed by atoms with Gasteiger partial charge in [0.15, 0.2) is 10.8 Å². The number of amides is 1. The van der Waals surface area contributed by atoms with Crippen molar-refractivity contribution >= 4 is 28.9 Å². The molecule has 0 aliphatic rings. The van der Waals surface area contributed by atoms with Gasteiger partial charge in [-0.2, -0.15) is 0 Å². The van der Waals surface area contributed by atoms with Crippen LogP contribution in [0.15, 0.2) is 65.2 Å². The fourth-order valence-electron chi connectivity index (χ4n) is 2.21. The minimum Gasteiger partial charge on any atom is -0.489 e. The lowest BCUT2D eigenvalue weighted by Gasteiger charge is -2.11. The Balaban J connectivity index is 1.56. The summed E-state index contributed by atoms with van der Waals surface area (Å²) in [4.78, 5) is 12.0. The van der Waals surface area contributed by atoms with Crippen LogP contribution in [0, 0.1) is 6.92 Å². The maximum atomic E-state index is 12.0. The molecule has 0 radical (unpaired) electrons. The van der Waals surface area contributed by atoms with Gasteiger partial charge in [0, 0.05) is 17.8 Å². The van der Waals surface area contributed by atoms with E-state index in [4.69, 9.17) is 21.5 Å². The van der Waals surface area contributed by atoms with Crippen molar-refractivity contribution in [3.8, 4) is 5.75 Å². The number of nitrogens with one attached hydrogen (secondary N) is 2. The molecule has 2 aromatic carbocycles. The van der Waals surface area contributed by atoms with Gasteiger partial charge in [0.2, 0.25) is 0 Å². The molecule has 6 nitrogen and oxygen atoms in total. The predicted molar refractivity (Wildman–Crippen MR) is 102 cm³/mol. The van der Waals surface area contributed by atoms with Crippen molar-refractivity contribution in [2.45, 2.75) is 13.5 Å². The standard InChI is InChI=1S/C19H17N3O3S/c1-13-10-17(22-25-13)18(23)21-19(26)20-15-8-5-9-16(11-15)24-12-14-6-3-2-4-7-14/h2-11H,12H2,1H3,(H2,20,21,23,26). The van der Waals surface area contributed by atoms with E-state index in [9.17, 15) is 4.79 Å². The molecule has 0 saturated heterocycles. The Morgan fingerprint density at radius 3 is 2.69 bits per heavy atom. The average Bonchev–Trinajstić information content (AvgIpc) is 3.08. The van der Waals surface area contributed by atoms with Crippen molar-refractivity contribution in [1.82, 2.24) is 10.5 Å². The third-order valence-electron chi connectivity index (χ3n) is 3.43. The second-order valence-corrected chi connectivity index (χ2v) is 5.94. The number of carbonyl (C=O) groups excluding carboxylic acids is 1. The van der Waals surface area contributed by atoms with Gasteiger partial charge in [0.05, 0.1) is 0 Å². The molecule has 0 unspecified atom stereocenters. The van der Waals surface area contributed by atoms with Crippen LogP contribution in [0.4, 0.5) is 5.69 Å². The SMILES string of the molecule is Cc1cc(C(=O)NC(=S)Nc2cccc(OCc3ccccc3)c2)no1. The summed E-state index contributed by atoms with van der Waals surface area (Å²) >= 11 is 5.16. The number of rotatable bonds is 5. The monoisotopic (exact) mass is 367 g/mol. The van der Waals surface area contributed by atoms with Crippen molar-refractivity contribution in [1.29, 1.82) is 0 Å². The van der Waals surface area contributed by atoms with Crippen molar-refractivity contribution in [2.24, 2.45) is 0 Å². The van der Waals surface area contributed by atoms with Gasteiger partial charge >= 0.3 is 0 Å². The summed E-state index contributed by atoms with van der Waals surface area (Å²) in [6, 6.07) is 18.8. The Hall–Kier alpha value is -3.19. The van der Waals surface area contributed by atoms with Crippen LogP contribution in [0.25, 0.3) is 0 Å². The number of carbonyl (C=O) groups is 1. The molecule has 0 bridgehead atoms. The molecule has 1 amide bonds. The molecule has 0 atom stereocenters. The molecule has 1 heterocycles. The summed E-state index contributed by atoms with van der Waals surface area (Å²) in [5.41, 5.74) is 1.96. The Kier molecular flexibility index (Phi) is 5.60. The van der Waals surface area contributed by atoms with E-state index in [0.29, 0.717) is 23.8 Å². The Morgan fingerprint density at radius 2 is 1.96 bits per heavy atom. The van der Waals surface area contributed by atoms with Gasteiger partial charge < -0.3 is 14.6 Å². The molecule has 26 heavy (non-hydrogen) atoms. The molecule has 0 spiro atoms. The number of benzene rings is 2. The predicted octanol–water partition coefficient (Wildman–Crippen LogP) is 3.69. The summed E-state index contributed by atoms with van der Waals surface area (Å²) in [5, 5.41) is 9.31. The van der Waals surface area contributed by atoms with Crippen molar-refractivity contribution in [2.75, 3.05) is 5.32 Å². The average molecular weight is 367 g/mol. The number of aryl methyl sites for hydroxylation is 1. The molecule has 3 aromatic rings. The van der Waals surface area contributed by atoms with Crippen molar-refractivity contribution < 1.29 is 14.1 Å². The zero-order valence-corrected chi connectivity index (χ0v) is 14.9. The highest BCUT2D eigenvalue weighted by molar-refractivity contribution is 7.80. The molecule has 1 aromatic heterocycles. The number of thiocarbonyl (C=S) groups is 1. The zero-order valence-electron chi connectivity index (χ0n) is 14.1. The van der Waals surface area contributed by atoms with E-state index >= 15 is 0 Å². The first-order valence-electron chi connectivity index (χ1n) is 7.92. The summed E-state index contributed by atoms with van der Waals surface area (Å²) < 4.78 is 10.6. The fourth-order valence-corrected chi connectivity index (χ4v) is 2.42. The van der Waals surface area contributed by atoms with E-state index < -0.39 is 5.91 Å². The lowest BCUT2D eigenvalue weighted by molar-refractivity contribution is 0.0969. The van der Waals surface area contributed by atoms with Crippen LogP contribution in [-0.2, 0) is 6.61 Å². The molecule has 132 valence electrons. The van der Waals surface area contributed by atoms with Crippen LogP contribution in [0.1, 0.15) is 21.8 Å². The highest BCUT2D eigenvalue weighted by atomic mass is 32.1. The normalized spacial score (nSPS) is 10.2. The molecule has 7 heteroatoms. The molecule has 3 rings (SSSR count). The molecule has 0 saturated carbocycles. The first-order valence-corrected chi connectivity index (χ1v) is 8.33. The van der Waals surface area contributed by atoms with Crippen LogP contribution in [0.3, 0.4) is 0 Å². The third kappa shape index (κ3) is 4.90. The molecule has 0 aliphatic heterocycles. The quantitative estimate of drug-likeness (QED) is 0.670. The van der Waals surface area contributed by atoms with E-state index in [0.717, 1.165) is 5.56 Å². The number of hydrogen-bond donors (Lipinski definition) is 2. The number of nitrogens with zero attached hydrogens (tertiary/aromatic N) is 1. The first-order chi connectivity index (χ1) is 12.6. The van der Waals surface area contributed by atoms with Gasteiger partial charge in [0.25, 0.3) is 5.91 Å². The van der Waals surface area contributed by atoms with Crippen LogP contribution in [-0.4, -0.2) is 16.2 Å². The summed E-state index contributed by atoms with van der Waals surface area (Å²) in [7, 11) is 0. The van der Waals surface area contributed by atoms with Crippen LogP contribution in [0.5, 0.6) is 5.75 Å². The fraction of sp³-hybridized carbons (Fsp3) is 0.105. The van der Waals surface area contributed by atoms with Crippen LogP contribution >= 0.6 is 12.2 Å². The van der Waals surface area contributed by atoms with E-state index in [1.54, 1.807) is 6.92 Å². The zero-order chi connectivity index (χ0) is 18.4. The number of aromatic nitrogens is 1. The minimum absolute atomic E-state index is 0.163. The third-order valence-corrected chi connectivity index (χ3v) is 3.63. The molecule has 0 aliphatic carbocycles. The highest BCUT2D eigenvalue weighted by Crippen LogP contribution is 2.18. The number of anilines is 1. The summed E-state index contributed by atoms with van der Waals surface area (Å²) in [5.74, 6) is 0.813. The van der Waals surface area contributed by atoms with Gasteiger partial charge in [-0.3, -0.25) is 10.1 Å². The molecular weight excluding hydrogens is 350 g/mol. The highest BCUT2D eigenvalue weighted by Gasteiger charge is 2.12. The number of hydrogen-bond acceptors (Lipinski definition) is 5. The lowest BCUT2D eigenvalue weighted by atomic mass is 10.2. The van der Waals surface area contributed by atoms with Crippen molar-refractivity contribution in [3.63, 3.8) is 0 Å². The Labute approximate surface area is 156 Å². The second-order valence-electron chi connectivity index (χ2n) is 5.53. The smallest absolute Gasteiger partial charge is 0.279 e. The van der Waals surface area contributed by atoms with Gasteiger partial charge in [-0.15, -0.1) is 0 Å². The van der Waals surface area contributed by atoms with E-state index in [-0.39, 0.29) is 10.8 Å². The second kappa shape index (κ2) is 8.26. The van der Waals surface area contributed by atoms with Crippen LogP contribution < -0.4 is 15.4 Å². The minimum atomic E-state index is -0.434. The van der Waals surface area contributed by atoms with Gasteiger partial charge in [0.1, 0.15) is 18.1 Å². The summed E-state index contributed by atoms with van der Waals surface area (Å²) in [6.45, 7) is 2.18. The topological polar surface area (TPSA) is 76.4 Å². The molecular formula is C19H17N3O3S. The van der Waals surface area contributed by atoms with E-state index in [1.165, 1.54) is 6.07 Å². The Morgan fingerprint density at radius 1 is 1.15 bits per heavy atom. The lowest BCUT2D eigenvalue weighted by Crippen LogP contribution is -2.34. The molecule has 2 N–H and O–H groups in total. The first kappa shape index (κ1) is 17.6. The maximum Gasteiger partial charge on any atom is 0.279 e. The summed E-state index contributed by atoms with van der Waals surface area (Å²) in [6.07, 6.45) is 0. The maximum absolute atomic E-state index is 12.0. The van der Waals surface area contributed by atoms with Gasteiger partial charge in [-0.25, -0.2) is 0 Å². The molecule has 0 fully saturated rings. The van der Waals surface area contributed by atoms with E-state index in [2.05, 4.69) is 15.8 Å². The number of ether oxygens (including phenoxy) is 1. The van der Waals surface area contributed by atoms with Crippen LogP contribution in [0.2, 0.25) is 0 Å². The largest absolute Gasteiger partial charge is 0.489 e. The van der Waals surface area contributed by atoms with Gasteiger partial charge in [-0.05, 0) is 36.8 Å². The van der Waals surface area contributed by atoms with E-state index in [1.807, 2.05) is 54.6 Å². The Bertz CT molecular complexity index is 909. The van der Waals surface area contributed by atoms with Gasteiger partial charge in [-0.1, -0.05) is 41.6 Å².